The normalized spacial score (nSPS) is 11.8. The molecule has 0 saturated carbocycles. The van der Waals surface area contributed by atoms with E-state index in [4.69, 9.17) is 5.73 Å². The minimum atomic E-state index is 0.554. The van der Waals surface area contributed by atoms with E-state index in [1.165, 1.54) is 0 Å². The Morgan fingerprint density at radius 3 is 2.93 bits per heavy atom. The van der Waals surface area contributed by atoms with E-state index in [0.29, 0.717) is 11.9 Å². The Morgan fingerprint density at radius 1 is 1.64 bits per heavy atom. The van der Waals surface area contributed by atoms with Crippen LogP contribution >= 0.6 is 11.8 Å². The Labute approximate surface area is 91.2 Å². The Morgan fingerprint density at radius 2 is 2.36 bits per heavy atom. The molecular weight excluding hydrogens is 194 g/mol. The van der Waals surface area contributed by atoms with Crippen LogP contribution in [0, 0.1) is 5.92 Å². The van der Waals surface area contributed by atoms with Gasteiger partial charge in [0, 0.05) is 24.6 Å². The molecule has 0 aromatic carbocycles. The molecular formula is C10H21N3S. The van der Waals surface area contributed by atoms with E-state index in [1.807, 2.05) is 17.8 Å². The van der Waals surface area contributed by atoms with Gasteiger partial charge in [-0.15, -0.1) is 6.58 Å². The van der Waals surface area contributed by atoms with Gasteiger partial charge >= 0.3 is 0 Å². The standard InChI is InChI=1S/C10H21N3S/c1-4-6-14-7-5-12-10(11)13-8-9(2)3/h4,9H,1,5-8H2,2-3H3,(H3,11,12,13). The Bertz CT molecular complexity index is 178. The lowest BCUT2D eigenvalue weighted by Gasteiger charge is -2.05. The molecule has 0 atom stereocenters. The number of nitrogens with two attached hydrogens (primary N) is 1. The molecule has 0 radical (unpaired) electrons. The van der Waals surface area contributed by atoms with E-state index in [1.54, 1.807) is 0 Å². The molecule has 0 aliphatic rings. The number of rotatable bonds is 7. The van der Waals surface area contributed by atoms with Gasteiger partial charge in [-0.05, 0) is 5.92 Å². The maximum Gasteiger partial charge on any atom is 0.188 e. The monoisotopic (exact) mass is 215 g/mol. The molecule has 4 heteroatoms. The molecule has 0 rings (SSSR count). The molecule has 0 heterocycles. The van der Waals surface area contributed by atoms with Crippen LogP contribution in [0.1, 0.15) is 13.8 Å². The predicted octanol–water partition coefficient (Wildman–Crippen LogP) is 1.47. The van der Waals surface area contributed by atoms with Crippen molar-refractivity contribution in [1.29, 1.82) is 0 Å². The molecule has 0 bridgehead atoms. The van der Waals surface area contributed by atoms with E-state index < -0.39 is 0 Å². The molecule has 82 valence electrons. The van der Waals surface area contributed by atoms with E-state index in [0.717, 1.165) is 24.6 Å². The van der Waals surface area contributed by atoms with Crippen molar-refractivity contribution in [3.05, 3.63) is 12.7 Å². The van der Waals surface area contributed by atoms with Crippen LogP contribution in [0.15, 0.2) is 17.6 Å². The molecule has 0 aliphatic carbocycles. The molecule has 3 nitrogen and oxygen atoms in total. The quantitative estimate of drug-likeness (QED) is 0.293. The fourth-order valence-corrected chi connectivity index (χ4v) is 1.33. The summed E-state index contributed by atoms with van der Waals surface area (Å²) in [7, 11) is 0. The third-order valence-corrected chi connectivity index (χ3v) is 2.38. The number of hydrogen-bond donors (Lipinski definition) is 2. The minimum absolute atomic E-state index is 0.554. The fraction of sp³-hybridized carbons (Fsp3) is 0.700. The zero-order valence-electron chi connectivity index (χ0n) is 9.12. The highest BCUT2D eigenvalue weighted by atomic mass is 32.2. The molecule has 0 aromatic rings. The zero-order valence-corrected chi connectivity index (χ0v) is 9.94. The van der Waals surface area contributed by atoms with Gasteiger partial charge in [0.2, 0.25) is 0 Å². The van der Waals surface area contributed by atoms with Crippen LogP contribution < -0.4 is 11.1 Å². The lowest BCUT2D eigenvalue weighted by atomic mass is 10.2. The Balaban J connectivity index is 3.38. The highest BCUT2D eigenvalue weighted by Gasteiger charge is 1.93. The van der Waals surface area contributed by atoms with Crippen molar-refractivity contribution in [3.8, 4) is 0 Å². The number of nitrogens with zero attached hydrogens (tertiary/aromatic N) is 1. The van der Waals surface area contributed by atoms with Crippen LogP contribution in [0.25, 0.3) is 0 Å². The molecule has 0 fully saturated rings. The van der Waals surface area contributed by atoms with Gasteiger partial charge in [-0.25, -0.2) is 0 Å². The summed E-state index contributed by atoms with van der Waals surface area (Å²) < 4.78 is 0. The topological polar surface area (TPSA) is 50.4 Å². The van der Waals surface area contributed by atoms with Crippen LogP contribution in [0.4, 0.5) is 0 Å². The number of hydrogen-bond acceptors (Lipinski definition) is 2. The van der Waals surface area contributed by atoms with Crippen LogP contribution in [0.5, 0.6) is 0 Å². The first-order chi connectivity index (χ1) is 6.66. The van der Waals surface area contributed by atoms with Gasteiger partial charge in [0.1, 0.15) is 0 Å². The number of aliphatic imine (C=N–C) groups is 1. The van der Waals surface area contributed by atoms with Crippen molar-refractivity contribution in [3.63, 3.8) is 0 Å². The molecule has 0 aromatic heterocycles. The summed E-state index contributed by atoms with van der Waals surface area (Å²) >= 11 is 1.83. The average Bonchev–Trinajstić information content (AvgIpc) is 2.14. The highest BCUT2D eigenvalue weighted by Crippen LogP contribution is 1.96. The maximum absolute atomic E-state index is 5.65. The summed E-state index contributed by atoms with van der Waals surface area (Å²) in [6.45, 7) is 9.55. The largest absolute Gasteiger partial charge is 0.370 e. The van der Waals surface area contributed by atoms with Crippen molar-refractivity contribution in [2.45, 2.75) is 13.8 Å². The second-order valence-electron chi connectivity index (χ2n) is 3.41. The third-order valence-electron chi connectivity index (χ3n) is 1.42. The predicted molar refractivity (Wildman–Crippen MR) is 66.9 cm³/mol. The van der Waals surface area contributed by atoms with Gasteiger partial charge in [-0.3, -0.25) is 4.99 Å². The van der Waals surface area contributed by atoms with Gasteiger partial charge in [0.15, 0.2) is 5.96 Å². The van der Waals surface area contributed by atoms with Crippen molar-refractivity contribution in [2.24, 2.45) is 16.6 Å². The first-order valence-electron chi connectivity index (χ1n) is 4.89. The van der Waals surface area contributed by atoms with Gasteiger partial charge in [-0.1, -0.05) is 19.9 Å². The van der Waals surface area contributed by atoms with E-state index >= 15 is 0 Å². The van der Waals surface area contributed by atoms with E-state index in [-0.39, 0.29) is 0 Å². The summed E-state index contributed by atoms with van der Waals surface area (Å²) in [6.07, 6.45) is 1.90. The SMILES string of the molecule is C=CCSCCNC(N)=NCC(C)C. The van der Waals surface area contributed by atoms with Crippen molar-refractivity contribution < 1.29 is 0 Å². The third kappa shape index (κ3) is 9.45. The lowest BCUT2D eigenvalue weighted by Crippen LogP contribution is -2.33. The molecule has 0 spiro atoms. The second kappa shape index (κ2) is 8.94. The van der Waals surface area contributed by atoms with Crippen LogP contribution in [0.3, 0.4) is 0 Å². The van der Waals surface area contributed by atoms with Crippen molar-refractivity contribution in [1.82, 2.24) is 5.32 Å². The molecule has 0 amide bonds. The smallest absolute Gasteiger partial charge is 0.188 e. The summed E-state index contributed by atoms with van der Waals surface area (Å²) in [5.74, 6) is 3.14. The molecule has 0 saturated heterocycles. The number of thioether (sulfide) groups is 1. The van der Waals surface area contributed by atoms with Crippen LogP contribution in [-0.2, 0) is 0 Å². The van der Waals surface area contributed by atoms with E-state index in [2.05, 4.69) is 30.7 Å². The Hall–Kier alpha value is -0.640. The average molecular weight is 215 g/mol. The highest BCUT2D eigenvalue weighted by molar-refractivity contribution is 7.99. The van der Waals surface area contributed by atoms with Gasteiger partial charge < -0.3 is 11.1 Å². The molecule has 0 aliphatic heterocycles. The number of guanidine groups is 1. The summed E-state index contributed by atoms with van der Waals surface area (Å²) in [5.41, 5.74) is 5.65. The van der Waals surface area contributed by atoms with Crippen molar-refractivity contribution >= 4 is 17.7 Å². The summed E-state index contributed by atoms with van der Waals surface area (Å²) in [4.78, 5) is 4.20. The van der Waals surface area contributed by atoms with Crippen LogP contribution in [-0.4, -0.2) is 30.6 Å². The first kappa shape index (κ1) is 13.4. The first-order valence-corrected chi connectivity index (χ1v) is 6.04. The summed E-state index contributed by atoms with van der Waals surface area (Å²) in [6, 6.07) is 0. The van der Waals surface area contributed by atoms with E-state index in [9.17, 15) is 0 Å². The second-order valence-corrected chi connectivity index (χ2v) is 4.56. The van der Waals surface area contributed by atoms with Crippen molar-refractivity contribution in [2.75, 3.05) is 24.6 Å². The fourth-order valence-electron chi connectivity index (χ4n) is 0.755. The Kier molecular flexibility index (Phi) is 8.53. The van der Waals surface area contributed by atoms with Crippen LogP contribution in [0.2, 0.25) is 0 Å². The van der Waals surface area contributed by atoms with Gasteiger partial charge in [0.25, 0.3) is 0 Å². The minimum Gasteiger partial charge on any atom is -0.370 e. The molecule has 0 unspecified atom stereocenters. The summed E-state index contributed by atoms with van der Waals surface area (Å²) in [5, 5.41) is 3.07. The number of nitrogens with one attached hydrogen (secondary N) is 1. The van der Waals surface area contributed by atoms with Gasteiger partial charge in [-0.2, -0.15) is 11.8 Å². The molecule has 3 N–H and O–H groups in total. The molecule has 14 heavy (non-hydrogen) atoms. The van der Waals surface area contributed by atoms with Gasteiger partial charge in [0.05, 0.1) is 0 Å². The maximum atomic E-state index is 5.65. The lowest BCUT2D eigenvalue weighted by molar-refractivity contribution is 0.662. The zero-order chi connectivity index (χ0) is 10.8.